The molecule has 2 aromatic rings. The first-order valence-electron chi connectivity index (χ1n) is 5.44. The van der Waals surface area contributed by atoms with Crippen LogP contribution in [0.1, 0.15) is 41.2 Å². The Labute approximate surface area is 96.6 Å². The Morgan fingerprint density at radius 3 is 3.12 bits per heavy atom. The van der Waals surface area contributed by atoms with Crippen molar-refractivity contribution in [3.8, 4) is 0 Å². The van der Waals surface area contributed by atoms with Crippen LogP contribution in [0.3, 0.4) is 0 Å². The van der Waals surface area contributed by atoms with Crippen molar-refractivity contribution in [3.63, 3.8) is 0 Å². The molecular formula is C11H12N2O2S. The van der Waals surface area contributed by atoms with Gasteiger partial charge >= 0.3 is 5.97 Å². The number of rotatable bonds is 3. The lowest BCUT2D eigenvalue weighted by Gasteiger charge is -1.96. The summed E-state index contributed by atoms with van der Waals surface area (Å²) >= 11 is 1.67. The van der Waals surface area contributed by atoms with Gasteiger partial charge in [0.2, 0.25) is 0 Å². The third-order valence-corrected chi connectivity index (χ3v) is 3.79. The molecule has 1 fully saturated rings. The van der Waals surface area contributed by atoms with Gasteiger partial charge in [-0.05, 0) is 25.8 Å². The number of carbonyl (C=O) groups is 1. The quantitative estimate of drug-likeness (QED) is 0.833. The molecule has 1 N–H and O–H groups in total. The number of ether oxygens (including phenoxy) is 1. The van der Waals surface area contributed by atoms with Crippen LogP contribution < -0.4 is 0 Å². The van der Waals surface area contributed by atoms with Crippen LogP contribution in [-0.2, 0) is 4.74 Å². The number of aromatic amines is 1. The van der Waals surface area contributed by atoms with Crippen molar-refractivity contribution in [1.82, 2.24) is 9.97 Å². The molecule has 0 amide bonds. The Morgan fingerprint density at radius 1 is 1.69 bits per heavy atom. The van der Waals surface area contributed by atoms with Gasteiger partial charge in [0, 0.05) is 5.92 Å². The van der Waals surface area contributed by atoms with Gasteiger partial charge < -0.3 is 9.72 Å². The number of nitrogens with one attached hydrogen (secondary N) is 1. The first-order chi connectivity index (χ1) is 7.78. The summed E-state index contributed by atoms with van der Waals surface area (Å²) in [6, 6.07) is 1.83. The molecule has 0 radical (unpaired) electrons. The van der Waals surface area contributed by atoms with E-state index in [2.05, 4.69) is 9.97 Å². The van der Waals surface area contributed by atoms with Crippen molar-refractivity contribution in [2.45, 2.75) is 25.7 Å². The van der Waals surface area contributed by atoms with Gasteiger partial charge in [-0.1, -0.05) is 0 Å². The van der Waals surface area contributed by atoms with Crippen molar-refractivity contribution in [2.75, 3.05) is 6.61 Å². The predicted octanol–water partition coefficient (Wildman–Crippen LogP) is 2.68. The van der Waals surface area contributed by atoms with Crippen molar-refractivity contribution in [3.05, 3.63) is 16.8 Å². The van der Waals surface area contributed by atoms with E-state index in [1.165, 1.54) is 17.8 Å². The second-order valence-corrected chi connectivity index (χ2v) is 5.00. The molecule has 4 nitrogen and oxygen atoms in total. The van der Waals surface area contributed by atoms with Gasteiger partial charge in [-0.2, -0.15) is 0 Å². The molecule has 0 bridgehead atoms. The molecule has 0 aromatic carbocycles. The van der Waals surface area contributed by atoms with Gasteiger partial charge in [0.1, 0.15) is 11.3 Å². The fourth-order valence-corrected chi connectivity index (χ4v) is 2.79. The van der Waals surface area contributed by atoms with Crippen LogP contribution in [0.15, 0.2) is 6.07 Å². The van der Waals surface area contributed by atoms with Crippen LogP contribution >= 0.6 is 11.3 Å². The van der Waals surface area contributed by atoms with E-state index in [-0.39, 0.29) is 5.97 Å². The molecule has 1 aliphatic carbocycles. The Balaban J connectivity index is 1.91. The Hall–Kier alpha value is -1.36. The highest BCUT2D eigenvalue weighted by molar-refractivity contribution is 7.18. The summed E-state index contributed by atoms with van der Waals surface area (Å²) < 4.78 is 5.97. The lowest BCUT2D eigenvalue weighted by Crippen LogP contribution is -2.04. The molecule has 2 aromatic heterocycles. The van der Waals surface area contributed by atoms with Gasteiger partial charge in [0.15, 0.2) is 0 Å². The van der Waals surface area contributed by atoms with Gasteiger partial charge in [-0.25, -0.2) is 9.78 Å². The molecule has 0 aliphatic heterocycles. The zero-order chi connectivity index (χ0) is 11.1. The number of aromatic nitrogens is 2. The smallest absolute Gasteiger partial charge is 0.354 e. The van der Waals surface area contributed by atoms with E-state index in [0.717, 1.165) is 10.3 Å². The number of hydrogen-bond donors (Lipinski definition) is 1. The number of fused-ring (bicyclic) bond motifs is 1. The highest BCUT2D eigenvalue weighted by atomic mass is 32.1. The normalized spacial score (nSPS) is 15.6. The van der Waals surface area contributed by atoms with Crippen molar-refractivity contribution >= 4 is 27.7 Å². The Kier molecular flexibility index (Phi) is 2.21. The van der Waals surface area contributed by atoms with Gasteiger partial charge in [0.25, 0.3) is 0 Å². The molecule has 2 heterocycles. The van der Waals surface area contributed by atoms with E-state index >= 15 is 0 Å². The second-order valence-electron chi connectivity index (χ2n) is 3.94. The number of nitrogens with zero attached hydrogens (tertiary/aromatic N) is 1. The summed E-state index contributed by atoms with van der Waals surface area (Å²) in [4.78, 5) is 19.0. The average Bonchev–Trinajstić information content (AvgIpc) is 2.90. The number of esters is 1. The molecule has 5 heteroatoms. The minimum atomic E-state index is -0.305. The van der Waals surface area contributed by atoms with Gasteiger partial charge in [-0.3, -0.25) is 0 Å². The van der Waals surface area contributed by atoms with Crippen molar-refractivity contribution in [1.29, 1.82) is 0 Å². The highest BCUT2D eigenvalue weighted by Gasteiger charge is 2.27. The summed E-state index contributed by atoms with van der Waals surface area (Å²) in [5.41, 5.74) is 1.31. The van der Waals surface area contributed by atoms with Crippen LogP contribution in [0.5, 0.6) is 0 Å². The van der Waals surface area contributed by atoms with E-state index in [1.807, 2.05) is 6.07 Å². The predicted molar refractivity (Wildman–Crippen MR) is 61.9 cm³/mol. The number of hydrogen-bond acceptors (Lipinski definition) is 4. The van der Waals surface area contributed by atoms with Gasteiger partial charge in [0.05, 0.1) is 16.3 Å². The molecular weight excluding hydrogens is 224 g/mol. The van der Waals surface area contributed by atoms with Crippen molar-refractivity contribution < 1.29 is 9.53 Å². The molecule has 0 unspecified atom stereocenters. The summed E-state index contributed by atoms with van der Waals surface area (Å²) in [7, 11) is 0. The molecule has 3 rings (SSSR count). The first kappa shape index (κ1) is 9.84. The standard InChI is InChI=1S/C11H12N2O2S/c1-2-15-11(14)7-5-8-9(12-7)13-10(16-8)6-3-4-6/h5-6,12H,2-4H2,1H3. The zero-order valence-corrected chi connectivity index (χ0v) is 9.76. The summed E-state index contributed by atoms with van der Waals surface area (Å²) in [6.45, 7) is 2.19. The number of carbonyl (C=O) groups excluding carboxylic acids is 1. The van der Waals surface area contributed by atoms with Crippen LogP contribution in [0.4, 0.5) is 0 Å². The molecule has 84 valence electrons. The molecule has 0 spiro atoms. The highest BCUT2D eigenvalue weighted by Crippen LogP contribution is 2.43. The second kappa shape index (κ2) is 3.59. The molecule has 16 heavy (non-hydrogen) atoms. The van der Waals surface area contributed by atoms with Crippen LogP contribution in [0.2, 0.25) is 0 Å². The third-order valence-electron chi connectivity index (χ3n) is 2.62. The van der Waals surface area contributed by atoms with E-state index < -0.39 is 0 Å². The molecule has 1 aliphatic rings. The maximum absolute atomic E-state index is 11.5. The Morgan fingerprint density at radius 2 is 2.50 bits per heavy atom. The Bertz CT molecular complexity index is 508. The number of thiazole rings is 1. The summed E-state index contributed by atoms with van der Waals surface area (Å²) in [6.07, 6.45) is 2.50. The fourth-order valence-electron chi connectivity index (χ4n) is 1.65. The van der Waals surface area contributed by atoms with Crippen LogP contribution in [0.25, 0.3) is 10.3 Å². The van der Waals surface area contributed by atoms with Gasteiger partial charge in [-0.15, -0.1) is 11.3 Å². The summed E-state index contributed by atoms with van der Waals surface area (Å²) in [5, 5.41) is 1.19. The summed E-state index contributed by atoms with van der Waals surface area (Å²) in [5.74, 6) is 0.359. The van der Waals surface area contributed by atoms with E-state index in [1.54, 1.807) is 18.3 Å². The lowest BCUT2D eigenvalue weighted by molar-refractivity contribution is 0.0520. The van der Waals surface area contributed by atoms with Crippen LogP contribution in [-0.4, -0.2) is 22.5 Å². The first-order valence-corrected chi connectivity index (χ1v) is 6.26. The third kappa shape index (κ3) is 1.61. The molecule has 1 saturated carbocycles. The lowest BCUT2D eigenvalue weighted by atomic mass is 10.4. The number of H-pyrrole nitrogens is 1. The molecule has 0 atom stereocenters. The SMILES string of the molecule is CCOC(=O)c1cc2sc(C3CC3)nc2[nH]1. The van der Waals surface area contributed by atoms with E-state index in [0.29, 0.717) is 18.2 Å². The van der Waals surface area contributed by atoms with Crippen molar-refractivity contribution in [2.24, 2.45) is 0 Å². The fraction of sp³-hybridized carbons (Fsp3) is 0.455. The molecule has 0 saturated heterocycles. The minimum Gasteiger partial charge on any atom is -0.461 e. The largest absolute Gasteiger partial charge is 0.461 e. The average molecular weight is 236 g/mol. The maximum Gasteiger partial charge on any atom is 0.354 e. The maximum atomic E-state index is 11.5. The van der Waals surface area contributed by atoms with E-state index in [4.69, 9.17) is 4.74 Å². The van der Waals surface area contributed by atoms with Crippen LogP contribution in [0, 0.1) is 0 Å². The monoisotopic (exact) mass is 236 g/mol. The zero-order valence-electron chi connectivity index (χ0n) is 8.95. The minimum absolute atomic E-state index is 0.305. The topological polar surface area (TPSA) is 55.0 Å². The van der Waals surface area contributed by atoms with E-state index in [9.17, 15) is 4.79 Å².